The number of hydrogen-bond acceptors (Lipinski definition) is 4. The van der Waals surface area contributed by atoms with E-state index in [2.05, 4.69) is 16.3 Å². The molecule has 0 bridgehead atoms. The van der Waals surface area contributed by atoms with Crippen LogP contribution < -0.4 is 10.0 Å². The maximum Gasteiger partial charge on any atom is 0.240 e. The van der Waals surface area contributed by atoms with Gasteiger partial charge in [-0.25, -0.2) is 13.1 Å². The first kappa shape index (κ1) is 14.8. The average molecular weight is 300 g/mol. The largest absolute Gasteiger partial charge is 0.309 e. The first-order chi connectivity index (χ1) is 9.13. The molecule has 0 radical (unpaired) electrons. The van der Waals surface area contributed by atoms with Crippen molar-refractivity contribution in [3.63, 3.8) is 0 Å². The van der Waals surface area contributed by atoms with Crippen molar-refractivity contribution in [2.45, 2.75) is 30.8 Å². The Morgan fingerprint density at radius 2 is 2.05 bits per heavy atom. The van der Waals surface area contributed by atoms with Crippen molar-refractivity contribution in [2.24, 2.45) is 0 Å². The summed E-state index contributed by atoms with van der Waals surface area (Å²) in [6.07, 6.45) is 3.98. The first-order valence-corrected chi connectivity index (χ1v) is 9.32. The van der Waals surface area contributed by atoms with E-state index in [-0.39, 0.29) is 0 Å². The Morgan fingerprint density at radius 3 is 2.84 bits per heavy atom. The number of rotatable bonds is 7. The second-order valence-electron chi connectivity index (χ2n) is 4.63. The van der Waals surface area contributed by atoms with E-state index in [9.17, 15) is 8.42 Å². The lowest BCUT2D eigenvalue weighted by atomic mass is 10.1. The van der Waals surface area contributed by atoms with Crippen molar-refractivity contribution in [1.29, 1.82) is 0 Å². The summed E-state index contributed by atoms with van der Waals surface area (Å²) in [5.41, 5.74) is 2.28. The van der Waals surface area contributed by atoms with Gasteiger partial charge in [0.1, 0.15) is 0 Å². The zero-order chi connectivity index (χ0) is 13.7. The third-order valence-corrected chi connectivity index (χ3v) is 5.34. The topological polar surface area (TPSA) is 58.2 Å². The summed E-state index contributed by atoms with van der Waals surface area (Å²) in [5.74, 6) is 1.08. The van der Waals surface area contributed by atoms with Crippen LogP contribution in [0, 0.1) is 0 Å². The molecule has 1 aromatic carbocycles. The number of sulfonamides is 1. The quantitative estimate of drug-likeness (QED) is 0.753. The molecule has 0 fully saturated rings. The van der Waals surface area contributed by atoms with Crippen LogP contribution in [0.25, 0.3) is 0 Å². The van der Waals surface area contributed by atoms with Gasteiger partial charge in [-0.05, 0) is 48.1 Å². The van der Waals surface area contributed by atoms with E-state index >= 15 is 0 Å². The molecule has 0 aromatic heterocycles. The predicted octanol–water partition coefficient (Wildman–Crippen LogP) is 1.71. The summed E-state index contributed by atoms with van der Waals surface area (Å²) < 4.78 is 26.9. The Morgan fingerprint density at radius 1 is 1.26 bits per heavy atom. The fourth-order valence-corrected chi connectivity index (χ4v) is 3.72. The third-order valence-electron chi connectivity index (χ3n) is 3.19. The minimum Gasteiger partial charge on any atom is -0.309 e. The molecule has 1 heterocycles. The molecule has 1 aliphatic rings. The van der Waals surface area contributed by atoms with Gasteiger partial charge in [0.05, 0.1) is 4.90 Å². The average Bonchev–Trinajstić information content (AvgIpc) is 2.85. The number of benzene rings is 1. The lowest BCUT2D eigenvalue weighted by Gasteiger charge is -2.08. The molecule has 0 atom stereocenters. The van der Waals surface area contributed by atoms with Crippen LogP contribution in [-0.2, 0) is 23.1 Å². The molecule has 4 nitrogen and oxygen atoms in total. The Balaban J connectivity index is 1.95. The van der Waals surface area contributed by atoms with Crippen molar-refractivity contribution in [3.05, 3.63) is 29.3 Å². The molecule has 6 heteroatoms. The highest BCUT2D eigenvalue weighted by atomic mass is 32.2. The van der Waals surface area contributed by atoms with E-state index in [0.29, 0.717) is 11.4 Å². The van der Waals surface area contributed by atoms with Crippen LogP contribution in [0.5, 0.6) is 0 Å². The molecular formula is C13H20N2O2S2. The summed E-state index contributed by atoms with van der Waals surface area (Å²) in [7, 11) is -3.35. The van der Waals surface area contributed by atoms with Crippen LogP contribution >= 0.6 is 11.8 Å². The minimum atomic E-state index is -3.35. The Kier molecular flexibility index (Phi) is 5.27. The standard InChI is InChI=1S/C13H20N2O2S2/c1-18-7-3-2-6-15-19(16,17)13-5-4-11-9-14-10-12(11)8-13/h4-5,8,14-15H,2-3,6-7,9-10H2,1H3. The van der Waals surface area contributed by atoms with Crippen molar-refractivity contribution >= 4 is 21.8 Å². The molecule has 0 saturated heterocycles. The predicted molar refractivity (Wildman–Crippen MR) is 79.8 cm³/mol. The van der Waals surface area contributed by atoms with E-state index in [4.69, 9.17) is 0 Å². The minimum absolute atomic E-state index is 0.375. The van der Waals surface area contributed by atoms with Gasteiger partial charge in [-0.15, -0.1) is 0 Å². The van der Waals surface area contributed by atoms with E-state index in [1.807, 2.05) is 6.07 Å². The van der Waals surface area contributed by atoms with E-state index in [1.165, 1.54) is 5.56 Å². The monoisotopic (exact) mass is 300 g/mol. The molecule has 106 valence electrons. The molecule has 19 heavy (non-hydrogen) atoms. The molecule has 1 aromatic rings. The Hall–Kier alpha value is -0.560. The van der Waals surface area contributed by atoms with E-state index in [1.54, 1.807) is 23.9 Å². The molecule has 0 saturated carbocycles. The van der Waals surface area contributed by atoms with Gasteiger partial charge in [0.2, 0.25) is 10.0 Å². The van der Waals surface area contributed by atoms with Gasteiger partial charge < -0.3 is 5.32 Å². The molecule has 1 aliphatic heterocycles. The second kappa shape index (κ2) is 6.74. The lowest BCUT2D eigenvalue weighted by molar-refractivity contribution is 0.578. The van der Waals surface area contributed by atoms with Crippen molar-refractivity contribution in [1.82, 2.24) is 10.0 Å². The number of hydrogen-bond donors (Lipinski definition) is 2. The van der Waals surface area contributed by atoms with Crippen LogP contribution in [0.2, 0.25) is 0 Å². The molecule has 2 rings (SSSR count). The third kappa shape index (κ3) is 3.95. The summed E-state index contributed by atoms with van der Waals surface area (Å²) in [5, 5.41) is 3.22. The van der Waals surface area contributed by atoms with Gasteiger partial charge in [-0.2, -0.15) is 11.8 Å². The number of nitrogens with one attached hydrogen (secondary N) is 2. The second-order valence-corrected chi connectivity index (χ2v) is 7.38. The molecule has 0 unspecified atom stereocenters. The Bertz CT molecular complexity index is 529. The van der Waals surface area contributed by atoms with Gasteiger partial charge >= 0.3 is 0 Å². The van der Waals surface area contributed by atoms with Crippen LogP contribution in [0.15, 0.2) is 23.1 Å². The molecular weight excluding hydrogens is 280 g/mol. The lowest BCUT2D eigenvalue weighted by Crippen LogP contribution is -2.25. The van der Waals surface area contributed by atoms with Crippen LogP contribution in [0.4, 0.5) is 0 Å². The summed E-state index contributed by atoms with van der Waals surface area (Å²) in [6, 6.07) is 5.37. The summed E-state index contributed by atoms with van der Waals surface area (Å²) in [4.78, 5) is 0.375. The molecule has 0 spiro atoms. The van der Waals surface area contributed by atoms with Crippen molar-refractivity contribution in [2.75, 3.05) is 18.6 Å². The van der Waals surface area contributed by atoms with Crippen LogP contribution in [0.1, 0.15) is 24.0 Å². The van der Waals surface area contributed by atoms with Crippen LogP contribution in [-0.4, -0.2) is 27.0 Å². The van der Waals surface area contributed by atoms with E-state index < -0.39 is 10.0 Å². The summed E-state index contributed by atoms with van der Waals surface area (Å²) in [6.45, 7) is 2.10. The smallest absolute Gasteiger partial charge is 0.240 e. The van der Waals surface area contributed by atoms with Crippen LogP contribution in [0.3, 0.4) is 0 Å². The van der Waals surface area contributed by atoms with Gasteiger partial charge in [-0.3, -0.25) is 0 Å². The number of fused-ring (bicyclic) bond motifs is 1. The number of unbranched alkanes of at least 4 members (excludes halogenated alkanes) is 1. The zero-order valence-electron chi connectivity index (χ0n) is 11.1. The van der Waals surface area contributed by atoms with Crippen molar-refractivity contribution < 1.29 is 8.42 Å². The Labute approximate surface area is 119 Å². The molecule has 2 N–H and O–H groups in total. The van der Waals surface area contributed by atoms with Gasteiger partial charge in [0.15, 0.2) is 0 Å². The highest BCUT2D eigenvalue weighted by Crippen LogP contribution is 2.19. The fourth-order valence-electron chi connectivity index (χ4n) is 2.10. The highest BCUT2D eigenvalue weighted by molar-refractivity contribution is 7.98. The molecule has 0 aliphatic carbocycles. The SMILES string of the molecule is CSCCCCNS(=O)(=O)c1ccc2c(c1)CNC2. The highest BCUT2D eigenvalue weighted by Gasteiger charge is 2.17. The van der Waals surface area contributed by atoms with Crippen molar-refractivity contribution in [3.8, 4) is 0 Å². The normalized spacial score (nSPS) is 14.6. The fraction of sp³-hybridized carbons (Fsp3) is 0.538. The maximum absolute atomic E-state index is 12.1. The molecule has 0 amide bonds. The maximum atomic E-state index is 12.1. The zero-order valence-corrected chi connectivity index (χ0v) is 12.7. The first-order valence-electron chi connectivity index (χ1n) is 6.44. The van der Waals surface area contributed by atoms with Gasteiger partial charge in [-0.1, -0.05) is 6.07 Å². The van der Waals surface area contributed by atoms with Gasteiger partial charge in [0.25, 0.3) is 0 Å². The summed E-state index contributed by atoms with van der Waals surface area (Å²) >= 11 is 1.79. The van der Waals surface area contributed by atoms with E-state index in [0.717, 1.165) is 37.2 Å². The number of thioether (sulfide) groups is 1. The van der Waals surface area contributed by atoms with Gasteiger partial charge in [0, 0.05) is 19.6 Å².